The molecule has 36 heavy (non-hydrogen) atoms. The largest absolute Gasteiger partial charge is 0.489 e. The summed E-state index contributed by atoms with van der Waals surface area (Å²) < 4.78 is 13.0. The van der Waals surface area contributed by atoms with Gasteiger partial charge in [-0.15, -0.1) is 5.10 Å². The highest BCUT2D eigenvalue weighted by Crippen LogP contribution is 2.30. The molecule has 0 aliphatic heterocycles. The Hall–Kier alpha value is -3.95. The molecular formula is C26H31N5O5. The second kappa shape index (κ2) is 11.7. The van der Waals surface area contributed by atoms with E-state index < -0.39 is 12.1 Å². The van der Waals surface area contributed by atoms with E-state index >= 15 is 0 Å². The second-order valence-corrected chi connectivity index (χ2v) is 8.97. The first-order chi connectivity index (χ1) is 17.4. The Morgan fingerprint density at radius 2 is 1.97 bits per heavy atom. The predicted octanol–water partition coefficient (Wildman–Crippen LogP) is 3.68. The zero-order valence-electron chi connectivity index (χ0n) is 20.5. The topological polar surface area (TPSA) is 128 Å². The van der Waals surface area contributed by atoms with Crippen LogP contribution in [0.15, 0.2) is 42.5 Å². The Bertz CT molecular complexity index is 1200. The molecule has 10 nitrogen and oxygen atoms in total. The van der Waals surface area contributed by atoms with Crippen molar-refractivity contribution in [2.24, 2.45) is 13.0 Å². The Morgan fingerprint density at radius 3 is 2.72 bits per heavy atom. The normalized spacial score (nSPS) is 17.4. The molecule has 1 amide bonds. The van der Waals surface area contributed by atoms with Gasteiger partial charge in [-0.3, -0.25) is 9.48 Å². The number of aryl methyl sites for hydroxylation is 2. The molecule has 1 saturated carbocycles. The van der Waals surface area contributed by atoms with Crippen LogP contribution in [-0.2, 0) is 29.6 Å². The van der Waals surface area contributed by atoms with Crippen molar-refractivity contribution in [3.05, 3.63) is 59.4 Å². The van der Waals surface area contributed by atoms with E-state index in [1.165, 1.54) is 0 Å². The Morgan fingerprint density at radius 1 is 1.17 bits per heavy atom. The maximum Gasteiger partial charge on any atom is 0.407 e. The van der Waals surface area contributed by atoms with E-state index in [-0.39, 0.29) is 18.6 Å². The fraction of sp³-hybridized carbons (Fsp3) is 0.423. The number of hydrogen-bond acceptors (Lipinski definition) is 7. The standard InChI is InChI=1S/C26H31N5O5/c1-17-23(36-20-10-6-9-19(15-20)25(32)33)12-11-21(28-17)24-22(31(2)30-29-24)13-14-27-26(34)35-16-18-7-4-3-5-8-18/h3-5,7-8,11-12,19-20H,6,9-10,13-16H2,1-2H3,(H,27,34)(H,32,33)/t19-,20-/m0/s1. The maximum absolute atomic E-state index is 12.1. The summed E-state index contributed by atoms with van der Waals surface area (Å²) in [5.74, 6) is -0.478. The molecule has 10 heteroatoms. The van der Waals surface area contributed by atoms with Gasteiger partial charge < -0.3 is 19.9 Å². The number of nitrogens with one attached hydrogen (secondary N) is 1. The lowest BCUT2D eigenvalue weighted by Gasteiger charge is -2.27. The van der Waals surface area contributed by atoms with Crippen LogP contribution in [0, 0.1) is 12.8 Å². The first kappa shape index (κ1) is 25.2. The lowest BCUT2D eigenvalue weighted by Crippen LogP contribution is -2.29. The molecule has 1 aliphatic carbocycles. The first-order valence-electron chi connectivity index (χ1n) is 12.1. The summed E-state index contributed by atoms with van der Waals surface area (Å²) in [5, 5.41) is 20.5. The highest BCUT2D eigenvalue weighted by atomic mass is 16.5. The third kappa shape index (κ3) is 6.38. The molecule has 0 bridgehead atoms. The van der Waals surface area contributed by atoms with Crippen molar-refractivity contribution in [2.75, 3.05) is 6.54 Å². The number of hydrogen-bond donors (Lipinski definition) is 2. The highest BCUT2D eigenvalue weighted by molar-refractivity contribution is 5.70. The van der Waals surface area contributed by atoms with Gasteiger partial charge in [0.25, 0.3) is 0 Å². The van der Waals surface area contributed by atoms with Gasteiger partial charge in [-0.05, 0) is 50.3 Å². The first-order valence-corrected chi connectivity index (χ1v) is 12.1. The Balaban J connectivity index is 1.34. The van der Waals surface area contributed by atoms with Crippen LogP contribution in [0.25, 0.3) is 11.4 Å². The van der Waals surface area contributed by atoms with Gasteiger partial charge in [-0.25, -0.2) is 9.78 Å². The van der Waals surface area contributed by atoms with E-state index in [1.807, 2.05) is 49.4 Å². The minimum atomic E-state index is -0.761. The second-order valence-electron chi connectivity index (χ2n) is 8.97. The lowest BCUT2D eigenvalue weighted by molar-refractivity contribution is -0.143. The van der Waals surface area contributed by atoms with E-state index in [0.29, 0.717) is 48.6 Å². The molecule has 2 aromatic heterocycles. The average molecular weight is 494 g/mol. The molecule has 1 aromatic carbocycles. The van der Waals surface area contributed by atoms with Crippen LogP contribution in [0.2, 0.25) is 0 Å². The molecule has 2 N–H and O–H groups in total. The number of carbonyl (C=O) groups excluding carboxylic acids is 1. The van der Waals surface area contributed by atoms with Crippen molar-refractivity contribution >= 4 is 12.1 Å². The smallest absolute Gasteiger partial charge is 0.407 e. The molecular weight excluding hydrogens is 462 g/mol. The highest BCUT2D eigenvalue weighted by Gasteiger charge is 2.28. The lowest BCUT2D eigenvalue weighted by atomic mass is 9.87. The van der Waals surface area contributed by atoms with Crippen LogP contribution < -0.4 is 10.1 Å². The van der Waals surface area contributed by atoms with E-state index in [9.17, 15) is 14.7 Å². The summed E-state index contributed by atoms with van der Waals surface area (Å²) in [6.07, 6.45) is 2.75. The van der Waals surface area contributed by atoms with Gasteiger partial charge in [0.1, 0.15) is 18.1 Å². The molecule has 2 heterocycles. The van der Waals surface area contributed by atoms with Crippen molar-refractivity contribution in [3.8, 4) is 17.1 Å². The van der Waals surface area contributed by atoms with Crippen LogP contribution in [0.3, 0.4) is 0 Å². The van der Waals surface area contributed by atoms with Crippen LogP contribution in [-0.4, -0.2) is 49.8 Å². The molecule has 0 saturated heterocycles. The minimum absolute atomic E-state index is 0.133. The monoisotopic (exact) mass is 493 g/mol. The summed E-state index contributed by atoms with van der Waals surface area (Å²) in [4.78, 5) is 28.1. The van der Waals surface area contributed by atoms with Crippen molar-refractivity contribution in [1.29, 1.82) is 0 Å². The van der Waals surface area contributed by atoms with Gasteiger partial charge >= 0.3 is 12.1 Å². The number of carbonyl (C=O) groups is 2. The van der Waals surface area contributed by atoms with Crippen LogP contribution in [0.4, 0.5) is 4.79 Å². The van der Waals surface area contributed by atoms with Crippen LogP contribution in [0.1, 0.15) is 42.6 Å². The number of ether oxygens (including phenoxy) is 2. The summed E-state index contributed by atoms with van der Waals surface area (Å²) >= 11 is 0. The van der Waals surface area contributed by atoms with Crippen LogP contribution >= 0.6 is 0 Å². The Labute approximate surface area is 209 Å². The van der Waals surface area contributed by atoms with Gasteiger partial charge in [0.15, 0.2) is 0 Å². The molecule has 4 rings (SSSR count). The number of amides is 1. The summed E-state index contributed by atoms with van der Waals surface area (Å²) in [6, 6.07) is 13.2. The number of carboxylic acids is 1. The predicted molar refractivity (Wildman–Crippen MR) is 131 cm³/mol. The number of carboxylic acid groups (broad SMARTS) is 1. The molecule has 0 radical (unpaired) electrons. The number of nitrogens with zero attached hydrogens (tertiary/aromatic N) is 4. The van der Waals surface area contributed by atoms with Gasteiger partial charge in [0.05, 0.1) is 29.1 Å². The number of alkyl carbamates (subject to hydrolysis) is 1. The minimum Gasteiger partial charge on any atom is -0.489 e. The van der Waals surface area contributed by atoms with Gasteiger partial charge in [0, 0.05) is 20.0 Å². The molecule has 3 aromatic rings. The van der Waals surface area contributed by atoms with E-state index in [4.69, 9.17) is 9.47 Å². The molecule has 0 spiro atoms. The SMILES string of the molecule is Cc1nc(-c2nnn(C)c2CCNC(=O)OCc2ccccc2)ccc1O[C@H]1CCC[C@H](C(=O)O)C1. The van der Waals surface area contributed by atoms with Crippen LogP contribution in [0.5, 0.6) is 5.75 Å². The van der Waals surface area contributed by atoms with E-state index in [2.05, 4.69) is 20.6 Å². The fourth-order valence-corrected chi connectivity index (χ4v) is 4.37. The quantitative estimate of drug-likeness (QED) is 0.462. The zero-order chi connectivity index (χ0) is 25.5. The molecule has 190 valence electrons. The van der Waals surface area contributed by atoms with Crippen molar-refractivity contribution in [3.63, 3.8) is 0 Å². The number of rotatable bonds is 9. The molecule has 1 aliphatic rings. The number of benzene rings is 1. The average Bonchev–Trinajstić information content (AvgIpc) is 3.25. The third-order valence-corrected chi connectivity index (χ3v) is 6.34. The third-order valence-electron chi connectivity index (χ3n) is 6.34. The molecule has 0 unspecified atom stereocenters. The number of aliphatic carboxylic acids is 1. The van der Waals surface area contributed by atoms with Crippen molar-refractivity contribution in [1.82, 2.24) is 25.3 Å². The molecule has 1 fully saturated rings. The van der Waals surface area contributed by atoms with E-state index in [0.717, 1.165) is 24.1 Å². The van der Waals surface area contributed by atoms with Gasteiger partial charge in [-0.1, -0.05) is 35.5 Å². The maximum atomic E-state index is 12.1. The Kier molecular flexibility index (Phi) is 8.14. The zero-order valence-corrected chi connectivity index (χ0v) is 20.5. The molecule has 2 atom stereocenters. The fourth-order valence-electron chi connectivity index (χ4n) is 4.37. The number of pyridine rings is 1. The van der Waals surface area contributed by atoms with Crippen molar-refractivity contribution < 1.29 is 24.2 Å². The van der Waals surface area contributed by atoms with Gasteiger partial charge in [0.2, 0.25) is 0 Å². The van der Waals surface area contributed by atoms with Gasteiger partial charge in [-0.2, -0.15) is 0 Å². The summed E-state index contributed by atoms with van der Waals surface area (Å²) in [6.45, 7) is 2.42. The summed E-state index contributed by atoms with van der Waals surface area (Å²) in [7, 11) is 1.80. The number of aromatic nitrogens is 4. The summed E-state index contributed by atoms with van der Waals surface area (Å²) in [5.41, 5.74) is 3.74. The van der Waals surface area contributed by atoms with Crippen molar-refractivity contribution in [2.45, 2.75) is 51.7 Å². The van der Waals surface area contributed by atoms with E-state index in [1.54, 1.807) is 11.7 Å².